The summed E-state index contributed by atoms with van der Waals surface area (Å²) < 4.78 is 30.6. The average molecular weight is 340 g/mol. The van der Waals surface area contributed by atoms with Crippen LogP contribution in [-0.2, 0) is 23.7 Å². The van der Waals surface area contributed by atoms with Crippen LogP contribution < -0.4 is 0 Å². The lowest BCUT2D eigenvalue weighted by Crippen LogP contribution is -2.43. The third-order valence-electron chi connectivity index (χ3n) is 6.40. The van der Waals surface area contributed by atoms with E-state index in [1.165, 1.54) is 12.8 Å². The predicted octanol–water partition coefficient (Wildman–Crippen LogP) is 2.22. The maximum Gasteiger partial charge on any atom is 0.184 e. The van der Waals surface area contributed by atoms with Crippen LogP contribution in [0.5, 0.6) is 0 Å². The third-order valence-corrected chi connectivity index (χ3v) is 6.40. The van der Waals surface area contributed by atoms with Crippen LogP contribution in [0.25, 0.3) is 0 Å². The molecule has 5 rings (SSSR count). The molecule has 5 aliphatic rings. The van der Waals surface area contributed by atoms with E-state index in [4.69, 9.17) is 23.7 Å². The zero-order valence-electron chi connectivity index (χ0n) is 14.2. The van der Waals surface area contributed by atoms with Gasteiger partial charge in [0.2, 0.25) is 0 Å². The molecule has 2 saturated carbocycles. The molecule has 0 radical (unpaired) electrons. The summed E-state index contributed by atoms with van der Waals surface area (Å²) in [6.45, 7) is 0.511. The van der Waals surface area contributed by atoms with Gasteiger partial charge in [0, 0.05) is 25.7 Å². The molecule has 3 heterocycles. The molecular weight excluding hydrogens is 312 g/mol. The lowest BCUT2D eigenvalue weighted by molar-refractivity contribution is -0.260. The zero-order valence-corrected chi connectivity index (χ0v) is 14.2. The summed E-state index contributed by atoms with van der Waals surface area (Å²) in [5.74, 6) is -0.949. The van der Waals surface area contributed by atoms with Gasteiger partial charge in [-0.05, 0) is 25.7 Å². The second-order valence-electron chi connectivity index (χ2n) is 8.07. The fraction of sp³-hybridized carbons (Fsp3) is 1.00. The highest BCUT2D eigenvalue weighted by Gasteiger charge is 2.61. The van der Waals surface area contributed by atoms with Crippen LogP contribution in [0.1, 0.15) is 64.2 Å². The number of aliphatic hydroxyl groups excluding tert-OH is 1. The van der Waals surface area contributed by atoms with Crippen LogP contribution in [0.15, 0.2) is 0 Å². The van der Waals surface area contributed by atoms with Gasteiger partial charge >= 0.3 is 0 Å². The highest BCUT2D eigenvalue weighted by molar-refractivity contribution is 5.01. The molecule has 0 aromatic rings. The van der Waals surface area contributed by atoms with Gasteiger partial charge in [-0.1, -0.05) is 12.8 Å². The zero-order chi connectivity index (χ0) is 16.2. The third kappa shape index (κ3) is 2.54. The van der Waals surface area contributed by atoms with E-state index in [1.807, 2.05) is 0 Å². The van der Waals surface area contributed by atoms with E-state index in [2.05, 4.69) is 0 Å². The molecule has 5 fully saturated rings. The topological polar surface area (TPSA) is 66.4 Å². The standard InChI is InChI=1S/C18H28O6/c19-16-15-14(23-18(24-15)9-5-2-6-10-18)13(21-16)12-11-20-17(22-12)7-3-1-4-8-17/h12-16,19H,1-11H2/t12?,13-,14?,15+,16?/m0/s1. The molecule has 6 nitrogen and oxygen atoms in total. The SMILES string of the molecule is OC1O[C@@H](C2COC3(CCCCC3)O2)C2OC3(CCCCC3)O[C@@H]12. The minimum absolute atomic E-state index is 0.185. The summed E-state index contributed by atoms with van der Waals surface area (Å²) in [5, 5.41) is 10.3. The summed E-state index contributed by atoms with van der Waals surface area (Å²) >= 11 is 0. The number of fused-ring (bicyclic) bond motifs is 1. The highest BCUT2D eigenvalue weighted by atomic mass is 16.8. The van der Waals surface area contributed by atoms with E-state index in [-0.39, 0.29) is 18.3 Å². The van der Waals surface area contributed by atoms with Crippen LogP contribution >= 0.6 is 0 Å². The normalized spacial score (nSPS) is 46.6. The molecule has 2 aliphatic carbocycles. The van der Waals surface area contributed by atoms with Gasteiger partial charge in [0.05, 0.1) is 6.61 Å². The van der Waals surface area contributed by atoms with E-state index in [9.17, 15) is 5.11 Å². The Kier molecular flexibility index (Phi) is 3.92. The van der Waals surface area contributed by atoms with Crippen LogP contribution in [0.3, 0.4) is 0 Å². The maximum absolute atomic E-state index is 10.3. The Bertz CT molecular complexity index is 470. The maximum atomic E-state index is 10.3. The van der Waals surface area contributed by atoms with Crippen molar-refractivity contribution in [2.24, 2.45) is 0 Å². The first kappa shape index (κ1) is 16.0. The van der Waals surface area contributed by atoms with E-state index in [0.717, 1.165) is 51.4 Å². The van der Waals surface area contributed by atoms with Crippen LogP contribution in [-0.4, -0.2) is 54.0 Å². The van der Waals surface area contributed by atoms with Crippen molar-refractivity contribution in [3.63, 3.8) is 0 Å². The molecule has 3 aliphatic heterocycles. The molecule has 0 aromatic carbocycles. The first-order valence-electron chi connectivity index (χ1n) is 9.70. The second kappa shape index (κ2) is 5.89. The minimum atomic E-state index is -0.937. The summed E-state index contributed by atoms with van der Waals surface area (Å²) in [5.41, 5.74) is 0. The smallest absolute Gasteiger partial charge is 0.184 e. The lowest BCUT2D eigenvalue weighted by atomic mass is 9.94. The van der Waals surface area contributed by atoms with E-state index in [1.54, 1.807) is 0 Å². The Labute approximate surface area is 142 Å². The molecular formula is C18H28O6. The molecule has 0 aromatic heterocycles. The molecule has 0 amide bonds. The van der Waals surface area contributed by atoms with Gasteiger partial charge in [-0.3, -0.25) is 0 Å². The number of ether oxygens (including phenoxy) is 5. The molecule has 3 saturated heterocycles. The Morgan fingerprint density at radius 2 is 1.29 bits per heavy atom. The van der Waals surface area contributed by atoms with Crippen LogP contribution in [0.2, 0.25) is 0 Å². The highest BCUT2D eigenvalue weighted by Crippen LogP contribution is 2.48. The Morgan fingerprint density at radius 1 is 0.667 bits per heavy atom. The van der Waals surface area contributed by atoms with Crippen molar-refractivity contribution >= 4 is 0 Å². The predicted molar refractivity (Wildman–Crippen MR) is 83.1 cm³/mol. The monoisotopic (exact) mass is 340 g/mol. The molecule has 0 bridgehead atoms. The fourth-order valence-corrected chi connectivity index (χ4v) is 5.17. The van der Waals surface area contributed by atoms with Crippen molar-refractivity contribution in [1.29, 1.82) is 0 Å². The molecule has 5 atom stereocenters. The summed E-state index contributed by atoms with van der Waals surface area (Å²) in [4.78, 5) is 0. The quantitative estimate of drug-likeness (QED) is 0.789. The largest absolute Gasteiger partial charge is 0.366 e. The van der Waals surface area contributed by atoms with Gasteiger partial charge in [0.15, 0.2) is 17.9 Å². The van der Waals surface area contributed by atoms with Crippen molar-refractivity contribution in [2.45, 2.75) is 106 Å². The average Bonchev–Trinajstić information content (AvgIpc) is 3.24. The molecule has 1 N–H and O–H groups in total. The number of aliphatic hydroxyl groups is 1. The number of hydrogen-bond acceptors (Lipinski definition) is 6. The van der Waals surface area contributed by atoms with Gasteiger partial charge in [0.1, 0.15) is 24.4 Å². The first-order valence-corrected chi connectivity index (χ1v) is 9.70. The van der Waals surface area contributed by atoms with Crippen molar-refractivity contribution < 1.29 is 28.8 Å². The van der Waals surface area contributed by atoms with Crippen molar-refractivity contribution in [1.82, 2.24) is 0 Å². The lowest BCUT2D eigenvalue weighted by Gasteiger charge is -2.35. The van der Waals surface area contributed by atoms with E-state index in [0.29, 0.717) is 6.61 Å². The van der Waals surface area contributed by atoms with E-state index < -0.39 is 24.0 Å². The van der Waals surface area contributed by atoms with Crippen molar-refractivity contribution in [3.8, 4) is 0 Å². The molecule has 24 heavy (non-hydrogen) atoms. The first-order chi connectivity index (χ1) is 11.7. The summed E-state index contributed by atoms with van der Waals surface area (Å²) in [6.07, 6.45) is 8.64. The van der Waals surface area contributed by atoms with E-state index >= 15 is 0 Å². The Hall–Kier alpha value is -0.240. The molecule has 3 unspecified atom stereocenters. The van der Waals surface area contributed by atoms with Gasteiger partial charge in [-0.2, -0.15) is 0 Å². The fourth-order valence-electron chi connectivity index (χ4n) is 5.17. The van der Waals surface area contributed by atoms with Crippen molar-refractivity contribution in [3.05, 3.63) is 0 Å². The van der Waals surface area contributed by atoms with Gasteiger partial charge < -0.3 is 28.8 Å². The molecule has 136 valence electrons. The minimum Gasteiger partial charge on any atom is -0.366 e. The van der Waals surface area contributed by atoms with Gasteiger partial charge in [0.25, 0.3) is 0 Å². The van der Waals surface area contributed by atoms with Crippen molar-refractivity contribution in [2.75, 3.05) is 6.61 Å². The molecule has 6 heteroatoms. The Balaban J connectivity index is 1.30. The Morgan fingerprint density at radius 3 is 2.00 bits per heavy atom. The number of rotatable bonds is 1. The summed E-state index contributed by atoms with van der Waals surface area (Å²) in [6, 6.07) is 0. The second-order valence-corrected chi connectivity index (χ2v) is 8.07. The van der Waals surface area contributed by atoms with Crippen LogP contribution in [0, 0.1) is 0 Å². The number of hydrogen-bond donors (Lipinski definition) is 1. The van der Waals surface area contributed by atoms with Crippen LogP contribution in [0.4, 0.5) is 0 Å². The van der Waals surface area contributed by atoms with Gasteiger partial charge in [-0.25, -0.2) is 0 Å². The van der Waals surface area contributed by atoms with Gasteiger partial charge in [-0.15, -0.1) is 0 Å². The molecule has 2 spiro atoms. The summed E-state index contributed by atoms with van der Waals surface area (Å²) in [7, 11) is 0.